The van der Waals surface area contributed by atoms with Gasteiger partial charge in [0.2, 0.25) is 0 Å². The van der Waals surface area contributed by atoms with Crippen LogP contribution in [0.15, 0.2) is 60.7 Å². The Kier molecular flexibility index (Phi) is 3.69. The molecule has 2 aromatic heterocycles. The Hall–Kier alpha value is -3.21. The highest BCUT2D eigenvalue weighted by atomic mass is 19.1. The molecule has 0 amide bonds. The summed E-state index contributed by atoms with van der Waals surface area (Å²) in [5, 5.41) is 0.699. The lowest BCUT2D eigenvalue weighted by molar-refractivity contribution is 0.585. The van der Waals surface area contributed by atoms with Crippen molar-refractivity contribution >= 4 is 10.9 Å². The van der Waals surface area contributed by atoms with Crippen LogP contribution in [0.3, 0.4) is 0 Å². The van der Waals surface area contributed by atoms with Crippen molar-refractivity contribution in [2.75, 3.05) is 0 Å². The fourth-order valence-electron chi connectivity index (χ4n) is 2.75. The molecule has 0 bridgehead atoms. The number of hydrogen-bond donors (Lipinski definition) is 0. The number of pyridine rings is 1. The lowest BCUT2D eigenvalue weighted by atomic mass is 10.1. The number of rotatable bonds is 2. The molecule has 0 N–H and O–H groups in total. The van der Waals surface area contributed by atoms with Crippen LogP contribution in [0.4, 0.5) is 8.78 Å². The summed E-state index contributed by atoms with van der Waals surface area (Å²) in [6, 6.07) is 16.4. The molecule has 0 spiro atoms. The second-order valence-corrected chi connectivity index (χ2v) is 5.70. The molecule has 25 heavy (non-hydrogen) atoms. The molecule has 2 aromatic carbocycles. The zero-order valence-electron chi connectivity index (χ0n) is 13.4. The Morgan fingerprint density at radius 2 is 1.64 bits per heavy atom. The predicted octanol–water partition coefficient (Wildman–Crippen LogP) is 4.95. The molecule has 5 heteroatoms. The van der Waals surface area contributed by atoms with Crippen molar-refractivity contribution in [3.8, 4) is 22.8 Å². The van der Waals surface area contributed by atoms with Crippen LogP contribution in [0.5, 0.6) is 0 Å². The van der Waals surface area contributed by atoms with Crippen LogP contribution in [-0.4, -0.2) is 15.0 Å². The maximum Gasteiger partial charge on any atom is 0.179 e. The highest BCUT2D eigenvalue weighted by Gasteiger charge is 2.15. The topological polar surface area (TPSA) is 38.7 Å². The fourth-order valence-corrected chi connectivity index (χ4v) is 2.75. The molecule has 0 atom stereocenters. The van der Waals surface area contributed by atoms with E-state index in [1.165, 1.54) is 12.1 Å². The Balaban J connectivity index is 2.02. The molecule has 0 fully saturated rings. The molecule has 3 nitrogen and oxygen atoms in total. The maximum atomic E-state index is 14.3. The van der Waals surface area contributed by atoms with Crippen LogP contribution in [0.1, 0.15) is 5.69 Å². The second kappa shape index (κ2) is 6.02. The highest BCUT2D eigenvalue weighted by molar-refractivity contribution is 5.93. The van der Waals surface area contributed by atoms with E-state index in [1.54, 1.807) is 0 Å². The van der Waals surface area contributed by atoms with Gasteiger partial charge < -0.3 is 0 Å². The summed E-state index contributed by atoms with van der Waals surface area (Å²) >= 11 is 0. The molecule has 0 saturated heterocycles. The molecule has 0 unspecified atom stereocenters. The van der Waals surface area contributed by atoms with Crippen LogP contribution in [0, 0.1) is 18.6 Å². The van der Waals surface area contributed by atoms with E-state index in [0.29, 0.717) is 28.1 Å². The first kappa shape index (κ1) is 15.3. The van der Waals surface area contributed by atoms with E-state index < -0.39 is 11.6 Å². The van der Waals surface area contributed by atoms with Gasteiger partial charge in [-0.15, -0.1) is 0 Å². The standard InChI is InChI=1S/C20H13F2N3/c1-12-5-4-8-18(23-12)20-24-17-7-3-2-6-15(17)19(25-20)14-10-9-13(21)11-16(14)22/h2-11H,1H3. The number of nitrogens with zero attached hydrogens (tertiary/aromatic N) is 3. The minimum Gasteiger partial charge on any atom is -0.250 e. The third kappa shape index (κ3) is 2.85. The van der Waals surface area contributed by atoms with Crippen molar-refractivity contribution in [3.63, 3.8) is 0 Å². The van der Waals surface area contributed by atoms with Gasteiger partial charge in [-0.25, -0.2) is 23.7 Å². The van der Waals surface area contributed by atoms with Crippen LogP contribution in [-0.2, 0) is 0 Å². The largest absolute Gasteiger partial charge is 0.250 e. The smallest absolute Gasteiger partial charge is 0.179 e. The number of aryl methyl sites for hydroxylation is 1. The van der Waals surface area contributed by atoms with Crippen LogP contribution < -0.4 is 0 Å². The summed E-state index contributed by atoms with van der Waals surface area (Å²) in [4.78, 5) is 13.5. The summed E-state index contributed by atoms with van der Waals surface area (Å²) in [6.07, 6.45) is 0. The number of benzene rings is 2. The number of hydrogen-bond acceptors (Lipinski definition) is 3. The first-order chi connectivity index (χ1) is 12.1. The lowest BCUT2D eigenvalue weighted by Crippen LogP contribution is -1.98. The van der Waals surface area contributed by atoms with Gasteiger partial charge in [-0.1, -0.05) is 24.3 Å². The SMILES string of the molecule is Cc1cccc(-c2nc(-c3ccc(F)cc3F)c3ccccc3n2)n1. The van der Waals surface area contributed by atoms with Crippen molar-refractivity contribution in [2.45, 2.75) is 6.92 Å². The lowest BCUT2D eigenvalue weighted by Gasteiger charge is -2.10. The van der Waals surface area contributed by atoms with Crippen molar-refractivity contribution in [1.29, 1.82) is 0 Å². The Morgan fingerprint density at radius 1 is 0.800 bits per heavy atom. The average Bonchev–Trinajstić information content (AvgIpc) is 2.61. The Bertz CT molecular complexity index is 1090. The van der Waals surface area contributed by atoms with Gasteiger partial charge in [0.15, 0.2) is 5.82 Å². The molecule has 0 aliphatic carbocycles. The number of para-hydroxylation sites is 1. The third-order valence-electron chi connectivity index (χ3n) is 3.91. The molecule has 4 aromatic rings. The van der Waals surface area contributed by atoms with E-state index in [-0.39, 0.29) is 5.56 Å². The molecule has 122 valence electrons. The van der Waals surface area contributed by atoms with Crippen molar-refractivity contribution in [2.24, 2.45) is 0 Å². The monoisotopic (exact) mass is 333 g/mol. The highest BCUT2D eigenvalue weighted by Crippen LogP contribution is 2.30. The Morgan fingerprint density at radius 3 is 2.44 bits per heavy atom. The normalized spacial score (nSPS) is 11.0. The molecular formula is C20H13F2N3. The number of halogens is 2. The third-order valence-corrected chi connectivity index (χ3v) is 3.91. The van der Waals surface area contributed by atoms with E-state index >= 15 is 0 Å². The Labute approximate surface area is 143 Å². The van der Waals surface area contributed by atoms with Gasteiger partial charge in [-0.2, -0.15) is 0 Å². The summed E-state index contributed by atoms with van der Waals surface area (Å²) in [5.41, 5.74) is 2.77. The molecule has 2 heterocycles. The molecular weight excluding hydrogens is 320 g/mol. The summed E-state index contributed by atoms with van der Waals surface area (Å²) in [5.74, 6) is -0.881. The molecule has 0 aliphatic heterocycles. The quantitative estimate of drug-likeness (QED) is 0.521. The van der Waals surface area contributed by atoms with Crippen molar-refractivity contribution < 1.29 is 8.78 Å². The van der Waals surface area contributed by atoms with E-state index in [4.69, 9.17) is 0 Å². The van der Waals surface area contributed by atoms with Gasteiger partial charge >= 0.3 is 0 Å². The van der Waals surface area contributed by atoms with Crippen LogP contribution >= 0.6 is 0 Å². The molecule has 4 rings (SSSR count). The second-order valence-electron chi connectivity index (χ2n) is 5.70. The summed E-state index contributed by atoms with van der Waals surface area (Å²) < 4.78 is 27.6. The van der Waals surface area contributed by atoms with E-state index in [0.717, 1.165) is 11.8 Å². The van der Waals surface area contributed by atoms with E-state index in [2.05, 4.69) is 15.0 Å². The zero-order chi connectivity index (χ0) is 17.4. The average molecular weight is 333 g/mol. The molecule has 0 aliphatic rings. The van der Waals surface area contributed by atoms with E-state index in [9.17, 15) is 8.78 Å². The summed E-state index contributed by atoms with van der Waals surface area (Å²) in [6.45, 7) is 1.88. The van der Waals surface area contributed by atoms with Gasteiger partial charge in [0, 0.05) is 22.7 Å². The molecule has 0 saturated carbocycles. The maximum absolute atomic E-state index is 14.3. The van der Waals surface area contributed by atoms with Gasteiger partial charge in [-0.3, -0.25) is 0 Å². The van der Waals surface area contributed by atoms with Crippen molar-refractivity contribution in [3.05, 3.63) is 78.0 Å². The first-order valence-corrected chi connectivity index (χ1v) is 7.78. The van der Waals surface area contributed by atoms with Gasteiger partial charge in [0.05, 0.1) is 11.2 Å². The molecule has 0 radical (unpaired) electrons. The minimum atomic E-state index is -0.660. The predicted molar refractivity (Wildman–Crippen MR) is 92.9 cm³/mol. The van der Waals surface area contributed by atoms with Gasteiger partial charge in [-0.05, 0) is 37.3 Å². The van der Waals surface area contributed by atoms with Gasteiger partial charge in [0.25, 0.3) is 0 Å². The summed E-state index contributed by atoms with van der Waals surface area (Å²) in [7, 11) is 0. The number of aromatic nitrogens is 3. The van der Waals surface area contributed by atoms with Crippen LogP contribution in [0.25, 0.3) is 33.7 Å². The van der Waals surface area contributed by atoms with Crippen LogP contribution in [0.2, 0.25) is 0 Å². The first-order valence-electron chi connectivity index (χ1n) is 7.78. The van der Waals surface area contributed by atoms with Crippen molar-refractivity contribution in [1.82, 2.24) is 15.0 Å². The fraction of sp³-hybridized carbons (Fsp3) is 0.0500. The zero-order valence-corrected chi connectivity index (χ0v) is 13.4. The van der Waals surface area contributed by atoms with E-state index in [1.807, 2.05) is 49.4 Å². The minimum absolute atomic E-state index is 0.230. The number of fused-ring (bicyclic) bond motifs is 1. The van der Waals surface area contributed by atoms with Gasteiger partial charge in [0.1, 0.15) is 17.3 Å².